The van der Waals surface area contributed by atoms with Gasteiger partial charge in [0.25, 0.3) is 0 Å². The van der Waals surface area contributed by atoms with E-state index in [0.29, 0.717) is 26.1 Å². The summed E-state index contributed by atoms with van der Waals surface area (Å²) < 4.78 is 5.01. The Morgan fingerprint density at radius 2 is 1.75 bits per heavy atom. The van der Waals surface area contributed by atoms with Crippen LogP contribution in [-0.2, 0) is 27.2 Å². The Balaban J connectivity index is 2.64. The van der Waals surface area contributed by atoms with Crippen molar-refractivity contribution < 1.29 is 14.3 Å². The van der Waals surface area contributed by atoms with Crippen LogP contribution in [-0.4, -0.2) is 43.5 Å². The van der Waals surface area contributed by atoms with Gasteiger partial charge in [-0.15, -0.1) is 0 Å². The van der Waals surface area contributed by atoms with Crippen LogP contribution in [0.5, 0.6) is 0 Å². The highest BCUT2D eigenvalue weighted by atomic mass is 16.5. The van der Waals surface area contributed by atoms with Crippen LogP contribution < -0.4 is 5.32 Å². The quantitative estimate of drug-likeness (QED) is 0.669. The van der Waals surface area contributed by atoms with Gasteiger partial charge in [0.05, 0.1) is 0 Å². The first-order valence-corrected chi connectivity index (χ1v) is 8.68. The van der Waals surface area contributed by atoms with Crippen molar-refractivity contribution in [3.05, 3.63) is 29.3 Å². The normalized spacial score (nSPS) is 10.5. The van der Waals surface area contributed by atoms with Gasteiger partial charge in [-0.3, -0.25) is 9.59 Å². The number of carbonyl (C=O) groups excluding carboxylic acids is 2. The second-order valence-corrected chi connectivity index (χ2v) is 5.81. The standard InChI is InChI=1S/C19H30N2O3/c1-5-16-9-7-10-17(6-2)19(16)20-18(23)11-13-21(15(3)22)12-8-14-24-4/h7,9-10H,5-6,8,11-14H2,1-4H3,(H,20,23). The lowest BCUT2D eigenvalue weighted by Gasteiger charge is -2.21. The predicted molar refractivity (Wildman–Crippen MR) is 97.2 cm³/mol. The molecule has 1 aromatic rings. The van der Waals surface area contributed by atoms with E-state index in [1.54, 1.807) is 12.0 Å². The van der Waals surface area contributed by atoms with E-state index in [1.165, 1.54) is 6.92 Å². The second-order valence-electron chi connectivity index (χ2n) is 5.81. The maximum atomic E-state index is 12.3. The molecule has 1 rings (SSSR count). The molecule has 0 heterocycles. The fourth-order valence-corrected chi connectivity index (χ4v) is 2.67. The summed E-state index contributed by atoms with van der Waals surface area (Å²) in [6.07, 6.45) is 2.82. The van der Waals surface area contributed by atoms with Gasteiger partial charge in [-0.1, -0.05) is 32.0 Å². The third-order valence-electron chi connectivity index (χ3n) is 4.09. The number of nitrogens with zero attached hydrogens (tertiary/aromatic N) is 1. The molecule has 1 N–H and O–H groups in total. The fraction of sp³-hybridized carbons (Fsp3) is 0.579. The molecule has 0 fully saturated rings. The summed E-state index contributed by atoms with van der Waals surface area (Å²) in [5, 5.41) is 3.04. The topological polar surface area (TPSA) is 58.6 Å². The smallest absolute Gasteiger partial charge is 0.226 e. The number of hydrogen-bond acceptors (Lipinski definition) is 3. The molecule has 2 amide bonds. The fourth-order valence-electron chi connectivity index (χ4n) is 2.67. The van der Waals surface area contributed by atoms with Gasteiger partial charge >= 0.3 is 0 Å². The highest BCUT2D eigenvalue weighted by Gasteiger charge is 2.13. The third-order valence-corrected chi connectivity index (χ3v) is 4.09. The van der Waals surface area contributed by atoms with Gasteiger partial charge < -0.3 is 15.0 Å². The summed E-state index contributed by atoms with van der Waals surface area (Å²) in [5.41, 5.74) is 3.22. The van der Waals surface area contributed by atoms with Gasteiger partial charge in [0.15, 0.2) is 0 Å². The van der Waals surface area contributed by atoms with Crippen LogP contribution in [0.25, 0.3) is 0 Å². The van der Waals surface area contributed by atoms with Gasteiger partial charge in [0.1, 0.15) is 0 Å². The van der Waals surface area contributed by atoms with Crippen LogP contribution in [0.15, 0.2) is 18.2 Å². The largest absolute Gasteiger partial charge is 0.385 e. The Hall–Kier alpha value is -1.88. The molecule has 0 aliphatic heterocycles. The van der Waals surface area contributed by atoms with Crippen molar-refractivity contribution in [3.63, 3.8) is 0 Å². The zero-order valence-corrected chi connectivity index (χ0v) is 15.4. The Bertz CT molecular complexity index is 521. The first kappa shape index (κ1) is 20.2. The molecule has 5 nitrogen and oxygen atoms in total. The first-order chi connectivity index (χ1) is 11.5. The van der Waals surface area contributed by atoms with Crippen molar-refractivity contribution in [1.82, 2.24) is 4.90 Å². The van der Waals surface area contributed by atoms with Crippen molar-refractivity contribution in [3.8, 4) is 0 Å². The number of methoxy groups -OCH3 is 1. The summed E-state index contributed by atoms with van der Waals surface area (Å²) in [7, 11) is 1.64. The zero-order valence-electron chi connectivity index (χ0n) is 15.4. The first-order valence-electron chi connectivity index (χ1n) is 8.68. The lowest BCUT2D eigenvalue weighted by atomic mass is 10.0. The predicted octanol–water partition coefficient (Wildman–Crippen LogP) is 3.03. The number of carbonyl (C=O) groups is 2. The average Bonchev–Trinajstić information content (AvgIpc) is 2.57. The van der Waals surface area contributed by atoms with Crippen LogP contribution in [0.4, 0.5) is 5.69 Å². The van der Waals surface area contributed by atoms with Crippen LogP contribution in [0, 0.1) is 0 Å². The van der Waals surface area contributed by atoms with E-state index in [0.717, 1.165) is 36.1 Å². The number of rotatable bonds is 10. The number of hydrogen-bond donors (Lipinski definition) is 1. The maximum absolute atomic E-state index is 12.3. The second kappa shape index (κ2) is 10.8. The molecule has 0 bridgehead atoms. The van der Waals surface area contributed by atoms with Gasteiger partial charge in [0.2, 0.25) is 11.8 Å². The number of aryl methyl sites for hydroxylation is 2. The number of benzene rings is 1. The van der Waals surface area contributed by atoms with Crippen LogP contribution >= 0.6 is 0 Å². The Labute approximate surface area is 145 Å². The summed E-state index contributed by atoms with van der Waals surface area (Å²) >= 11 is 0. The molecule has 24 heavy (non-hydrogen) atoms. The van der Waals surface area contributed by atoms with E-state index in [1.807, 2.05) is 18.2 Å². The number of anilines is 1. The summed E-state index contributed by atoms with van der Waals surface area (Å²) in [4.78, 5) is 25.7. The molecular weight excluding hydrogens is 304 g/mol. The number of nitrogens with one attached hydrogen (secondary N) is 1. The minimum atomic E-state index is -0.0522. The van der Waals surface area contributed by atoms with Crippen molar-refractivity contribution in [1.29, 1.82) is 0 Å². The van der Waals surface area contributed by atoms with Crippen LogP contribution in [0.3, 0.4) is 0 Å². The van der Waals surface area contributed by atoms with Gasteiger partial charge in [-0.05, 0) is 30.4 Å². The van der Waals surface area contributed by atoms with E-state index in [-0.39, 0.29) is 11.8 Å². The number of amides is 2. The van der Waals surface area contributed by atoms with E-state index in [2.05, 4.69) is 19.2 Å². The van der Waals surface area contributed by atoms with Crippen molar-refractivity contribution >= 4 is 17.5 Å². The SMILES string of the molecule is CCc1cccc(CC)c1NC(=O)CCN(CCCOC)C(C)=O. The minimum absolute atomic E-state index is 0.0119. The monoisotopic (exact) mass is 334 g/mol. The molecule has 0 saturated heterocycles. The lowest BCUT2D eigenvalue weighted by molar-refractivity contribution is -0.129. The van der Waals surface area contributed by atoms with Gasteiger partial charge in [-0.25, -0.2) is 0 Å². The van der Waals surface area contributed by atoms with E-state index in [9.17, 15) is 9.59 Å². The van der Waals surface area contributed by atoms with Crippen molar-refractivity contribution in [2.24, 2.45) is 0 Å². The summed E-state index contributed by atoms with van der Waals surface area (Å²) in [6.45, 7) is 7.35. The van der Waals surface area contributed by atoms with Crippen molar-refractivity contribution in [2.75, 3.05) is 32.1 Å². The molecule has 134 valence electrons. The number of para-hydroxylation sites is 1. The molecular formula is C19H30N2O3. The molecule has 0 atom stereocenters. The molecule has 1 aromatic carbocycles. The van der Waals surface area contributed by atoms with Crippen LogP contribution in [0.1, 0.15) is 44.7 Å². The van der Waals surface area contributed by atoms with Crippen molar-refractivity contribution in [2.45, 2.75) is 46.5 Å². The Kier molecular flexibility index (Phi) is 9.08. The molecule has 0 aliphatic rings. The van der Waals surface area contributed by atoms with E-state index < -0.39 is 0 Å². The highest BCUT2D eigenvalue weighted by Crippen LogP contribution is 2.22. The summed E-state index contributed by atoms with van der Waals surface area (Å²) in [5.74, 6) is -0.0642. The minimum Gasteiger partial charge on any atom is -0.385 e. The molecule has 0 radical (unpaired) electrons. The average molecular weight is 334 g/mol. The van der Waals surface area contributed by atoms with Gasteiger partial charge in [-0.2, -0.15) is 0 Å². The Morgan fingerprint density at radius 3 is 2.25 bits per heavy atom. The molecule has 0 aromatic heterocycles. The highest BCUT2D eigenvalue weighted by molar-refractivity contribution is 5.92. The zero-order chi connectivity index (χ0) is 17.9. The lowest BCUT2D eigenvalue weighted by Crippen LogP contribution is -2.33. The third kappa shape index (κ3) is 6.32. The van der Waals surface area contributed by atoms with E-state index in [4.69, 9.17) is 4.74 Å². The Morgan fingerprint density at radius 1 is 1.12 bits per heavy atom. The molecule has 5 heteroatoms. The molecule has 0 saturated carbocycles. The van der Waals surface area contributed by atoms with Gasteiger partial charge in [0, 0.05) is 45.8 Å². The number of ether oxygens (including phenoxy) is 1. The van der Waals surface area contributed by atoms with E-state index >= 15 is 0 Å². The molecule has 0 aliphatic carbocycles. The molecule has 0 unspecified atom stereocenters. The maximum Gasteiger partial charge on any atom is 0.226 e. The van der Waals surface area contributed by atoms with Crippen LogP contribution in [0.2, 0.25) is 0 Å². The summed E-state index contributed by atoms with van der Waals surface area (Å²) in [6, 6.07) is 6.11. The molecule has 0 spiro atoms.